The summed E-state index contributed by atoms with van der Waals surface area (Å²) in [5.74, 6) is 3.18. The third kappa shape index (κ3) is 5.69. The van der Waals surface area contributed by atoms with Crippen LogP contribution in [0.1, 0.15) is 11.1 Å². The minimum Gasteiger partial charge on any atom is -0.481 e. The highest BCUT2D eigenvalue weighted by Gasteiger charge is 2.08. The SMILES string of the molecule is C#CCOc1ccc(CCNC(=O)N(C)Cc2ccccc2)cc1. The predicted octanol–water partition coefficient (Wildman–Crippen LogP) is 3.08. The van der Waals surface area contributed by atoms with E-state index >= 15 is 0 Å². The maximum atomic E-state index is 12.1. The topological polar surface area (TPSA) is 41.6 Å². The number of hydrogen-bond donors (Lipinski definition) is 1. The van der Waals surface area contributed by atoms with Crippen LogP contribution in [0.15, 0.2) is 54.6 Å². The largest absolute Gasteiger partial charge is 0.481 e. The van der Waals surface area contributed by atoms with Gasteiger partial charge >= 0.3 is 6.03 Å². The number of nitrogens with one attached hydrogen (secondary N) is 1. The molecule has 0 heterocycles. The van der Waals surface area contributed by atoms with E-state index in [0.717, 1.165) is 23.3 Å². The molecule has 0 aliphatic heterocycles. The van der Waals surface area contributed by atoms with Crippen LogP contribution in [0.4, 0.5) is 4.79 Å². The average molecular weight is 322 g/mol. The van der Waals surface area contributed by atoms with Crippen molar-refractivity contribution < 1.29 is 9.53 Å². The molecule has 0 aliphatic rings. The Morgan fingerprint density at radius 1 is 1.12 bits per heavy atom. The molecule has 0 saturated carbocycles. The molecule has 0 spiro atoms. The van der Waals surface area contributed by atoms with Gasteiger partial charge in [-0.3, -0.25) is 0 Å². The summed E-state index contributed by atoms with van der Waals surface area (Å²) < 4.78 is 5.33. The maximum Gasteiger partial charge on any atom is 0.317 e. The molecule has 0 unspecified atom stereocenters. The summed E-state index contributed by atoms with van der Waals surface area (Å²) in [5.41, 5.74) is 2.24. The molecule has 0 saturated heterocycles. The van der Waals surface area contributed by atoms with Gasteiger partial charge in [-0.25, -0.2) is 4.79 Å². The molecule has 2 aromatic rings. The molecule has 2 aromatic carbocycles. The number of ether oxygens (including phenoxy) is 1. The summed E-state index contributed by atoms with van der Waals surface area (Å²) in [4.78, 5) is 13.8. The second kappa shape index (κ2) is 9.26. The summed E-state index contributed by atoms with van der Waals surface area (Å²) in [5, 5.41) is 2.93. The number of amides is 2. The molecular weight excluding hydrogens is 300 g/mol. The number of benzene rings is 2. The molecule has 0 atom stereocenters. The fraction of sp³-hybridized carbons (Fsp3) is 0.250. The van der Waals surface area contributed by atoms with Gasteiger partial charge in [-0.05, 0) is 29.7 Å². The Hall–Kier alpha value is -2.93. The lowest BCUT2D eigenvalue weighted by Gasteiger charge is -2.18. The predicted molar refractivity (Wildman–Crippen MR) is 95.8 cm³/mol. The van der Waals surface area contributed by atoms with Crippen molar-refractivity contribution in [2.75, 3.05) is 20.2 Å². The normalized spacial score (nSPS) is 9.83. The molecule has 2 amide bonds. The Labute approximate surface area is 143 Å². The number of carbonyl (C=O) groups excluding carboxylic acids is 1. The fourth-order valence-corrected chi connectivity index (χ4v) is 2.26. The minimum absolute atomic E-state index is 0.0761. The van der Waals surface area contributed by atoms with E-state index in [1.165, 1.54) is 0 Å². The first kappa shape index (κ1) is 17.4. The molecule has 0 bridgehead atoms. The number of terminal acetylenes is 1. The third-order valence-electron chi connectivity index (χ3n) is 3.54. The Kier molecular flexibility index (Phi) is 6.73. The van der Waals surface area contributed by atoms with Crippen molar-refractivity contribution in [3.8, 4) is 18.1 Å². The Bertz CT molecular complexity index is 675. The van der Waals surface area contributed by atoms with Gasteiger partial charge in [-0.2, -0.15) is 0 Å². The van der Waals surface area contributed by atoms with Crippen LogP contribution in [-0.4, -0.2) is 31.1 Å². The number of urea groups is 1. The van der Waals surface area contributed by atoms with Gasteiger partial charge in [-0.1, -0.05) is 48.4 Å². The van der Waals surface area contributed by atoms with Gasteiger partial charge in [0.2, 0.25) is 0 Å². The molecule has 1 N–H and O–H groups in total. The smallest absolute Gasteiger partial charge is 0.317 e. The molecule has 0 fully saturated rings. The molecule has 24 heavy (non-hydrogen) atoms. The van der Waals surface area contributed by atoms with Gasteiger partial charge in [0.1, 0.15) is 12.4 Å². The van der Waals surface area contributed by atoms with Crippen molar-refractivity contribution in [3.63, 3.8) is 0 Å². The summed E-state index contributed by atoms with van der Waals surface area (Å²) in [7, 11) is 1.79. The summed E-state index contributed by atoms with van der Waals surface area (Å²) in [6, 6.07) is 17.6. The molecule has 2 rings (SSSR count). The van der Waals surface area contributed by atoms with Gasteiger partial charge < -0.3 is 15.0 Å². The Balaban J connectivity index is 1.73. The minimum atomic E-state index is -0.0761. The van der Waals surface area contributed by atoms with Crippen LogP contribution in [0.3, 0.4) is 0 Å². The lowest BCUT2D eigenvalue weighted by atomic mass is 10.1. The second-order valence-electron chi connectivity index (χ2n) is 5.46. The summed E-state index contributed by atoms with van der Waals surface area (Å²) in [6.45, 7) is 1.44. The van der Waals surface area contributed by atoms with Gasteiger partial charge in [0.15, 0.2) is 0 Å². The van der Waals surface area contributed by atoms with E-state index in [2.05, 4.69) is 11.2 Å². The summed E-state index contributed by atoms with van der Waals surface area (Å²) >= 11 is 0. The number of nitrogens with zero attached hydrogens (tertiary/aromatic N) is 1. The van der Waals surface area contributed by atoms with Crippen LogP contribution in [0.2, 0.25) is 0 Å². The molecular formula is C20H22N2O2. The highest BCUT2D eigenvalue weighted by atomic mass is 16.5. The molecule has 0 aliphatic carbocycles. The molecule has 4 heteroatoms. The highest BCUT2D eigenvalue weighted by molar-refractivity contribution is 5.73. The third-order valence-corrected chi connectivity index (χ3v) is 3.54. The van der Waals surface area contributed by atoms with E-state index in [4.69, 9.17) is 11.2 Å². The van der Waals surface area contributed by atoms with E-state index in [0.29, 0.717) is 13.1 Å². The van der Waals surface area contributed by atoms with Crippen molar-refractivity contribution >= 4 is 6.03 Å². The zero-order chi connectivity index (χ0) is 17.2. The number of carbonyl (C=O) groups is 1. The first-order valence-corrected chi connectivity index (χ1v) is 7.87. The first-order valence-electron chi connectivity index (χ1n) is 7.87. The van der Waals surface area contributed by atoms with Crippen molar-refractivity contribution in [1.29, 1.82) is 0 Å². The van der Waals surface area contributed by atoms with Crippen LogP contribution in [0.5, 0.6) is 5.75 Å². The monoisotopic (exact) mass is 322 g/mol. The van der Waals surface area contributed by atoms with E-state index in [9.17, 15) is 4.79 Å². The van der Waals surface area contributed by atoms with Crippen LogP contribution in [0.25, 0.3) is 0 Å². The molecule has 124 valence electrons. The zero-order valence-electron chi connectivity index (χ0n) is 13.9. The van der Waals surface area contributed by atoms with Crippen LogP contribution < -0.4 is 10.1 Å². The van der Waals surface area contributed by atoms with Crippen LogP contribution in [0, 0.1) is 12.3 Å². The average Bonchev–Trinajstić information content (AvgIpc) is 2.61. The van der Waals surface area contributed by atoms with E-state index < -0.39 is 0 Å². The van der Waals surface area contributed by atoms with Crippen molar-refractivity contribution in [2.45, 2.75) is 13.0 Å². The van der Waals surface area contributed by atoms with Crippen LogP contribution >= 0.6 is 0 Å². The standard InChI is InChI=1S/C20H22N2O2/c1-3-15-24-19-11-9-17(10-12-19)13-14-21-20(23)22(2)16-18-7-5-4-6-8-18/h1,4-12H,13-16H2,2H3,(H,21,23). The maximum absolute atomic E-state index is 12.1. The number of hydrogen-bond acceptors (Lipinski definition) is 2. The molecule has 4 nitrogen and oxygen atoms in total. The second-order valence-corrected chi connectivity index (χ2v) is 5.46. The quantitative estimate of drug-likeness (QED) is 0.796. The Morgan fingerprint density at radius 2 is 1.83 bits per heavy atom. The van der Waals surface area contributed by atoms with E-state index in [-0.39, 0.29) is 12.6 Å². The summed E-state index contributed by atoms with van der Waals surface area (Å²) in [6.07, 6.45) is 5.92. The lowest BCUT2D eigenvalue weighted by molar-refractivity contribution is 0.207. The van der Waals surface area contributed by atoms with E-state index in [1.54, 1.807) is 11.9 Å². The van der Waals surface area contributed by atoms with Crippen molar-refractivity contribution in [3.05, 3.63) is 65.7 Å². The van der Waals surface area contributed by atoms with Gasteiger partial charge in [-0.15, -0.1) is 6.42 Å². The highest BCUT2D eigenvalue weighted by Crippen LogP contribution is 2.12. The van der Waals surface area contributed by atoms with Gasteiger partial charge in [0.25, 0.3) is 0 Å². The fourth-order valence-electron chi connectivity index (χ4n) is 2.26. The molecule has 0 radical (unpaired) electrons. The van der Waals surface area contributed by atoms with Gasteiger partial charge in [0, 0.05) is 20.1 Å². The number of rotatable bonds is 7. The lowest BCUT2D eigenvalue weighted by Crippen LogP contribution is -2.37. The van der Waals surface area contributed by atoms with E-state index in [1.807, 2.05) is 54.6 Å². The van der Waals surface area contributed by atoms with Crippen molar-refractivity contribution in [2.24, 2.45) is 0 Å². The zero-order valence-corrected chi connectivity index (χ0v) is 13.9. The molecule has 0 aromatic heterocycles. The Morgan fingerprint density at radius 3 is 2.50 bits per heavy atom. The van der Waals surface area contributed by atoms with Gasteiger partial charge in [0.05, 0.1) is 0 Å². The first-order chi connectivity index (χ1) is 11.7. The van der Waals surface area contributed by atoms with Crippen LogP contribution in [-0.2, 0) is 13.0 Å². The van der Waals surface area contributed by atoms with Crippen molar-refractivity contribution in [1.82, 2.24) is 10.2 Å².